The number of ether oxygens (including phenoxy) is 1. The van der Waals surface area contributed by atoms with Gasteiger partial charge in [0, 0.05) is 38.9 Å². The van der Waals surface area contributed by atoms with Gasteiger partial charge in [-0.25, -0.2) is 0 Å². The van der Waals surface area contributed by atoms with Crippen molar-refractivity contribution in [3.63, 3.8) is 0 Å². The lowest BCUT2D eigenvalue weighted by atomic mass is 9.91. The van der Waals surface area contributed by atoms with Crippen LogP contribution in [0.3, 0.4) is 0 Å². The fourth-order valence-electron chi connectivity index (χ4n) is 4.54. The van der Waals surface area contributed by atoms with Gasteiger partial charge in [-0.2, -0.15) is 5.10 Å². The molecule has 3 fully saturated rings. The molecule has 0 spiro atoms. The van der Waals surface area contributed by atoms with Gasteiger partial charge >= 0.3 is 0 Å². The predicted molar refractivity (Wildman–Crippen MR) is 100 cm³/mol. The second-order valence-corrected chi connectivity index (χ2v) is 7.95. The van der Waals surface area contributed by atoms with Gasteiger partial charge in [-0.1, -0.05) is 0 Å². The van der Waals surface area contributed by atoms with Crippen molar-refractivity contribution in [3.05, 3.63) is 18.0 Å². The summed E-state index contributed by atoms with van der Waals surface area (Å²) in [6, 6.07) is 0. The van der Waals surface area contributed by atoms with Gasteiger partial charge in [-0.15, -0.1) is 0 Å². The Morgan fingerprint density at radius 3 is 2.15 bits per heavy atom. The Kier molecular flexibility index (Phi) is 5.48. The molecule has 27 heavy (non-hydrogen) atoms. The highest BCUT2D eigenvalue weighted by Gasteiger charge is 2.39. The largest absolute Gasteiger partial charge is 0.355 e. The fourth-order valence-corrected chi connectivity index (χ4v) is 4.54. The van der Waals surface area contributed by atoms with E-state index in [0.29, 0.717) is 18.8 Å². The number of nitrogens with zero attached hydrogens (tertiary/aromatic N) is 4. The molecule has 0 radical (unpaired) electrons. The number of carbonyl (C=O) groups excluding carboxylic acids is 2. The third-order valence-electron chi connectivity index (χ3n) is 6.24. The monoisotopic (exact) mass is 374 g/mol. The number of hydrogen-bond donors (Lipinski definition) is 0. The predicted octanol–water partition coefficient (Wildman–Crippen LogP) is 1.78. The van der Waals surface area contributed by atoms with Crippen LogP contribution < -0.4 is 0 Å². The van der Waals surface area contributed by atoms with Gasteiger partial charge in [0.15, 0.2) is 0 Å². The summed E-state index contributed by atoms with van der Waals surface area (Å²) in [7, 11) is 0. The van der Waals surface area contributed by atoms with Crippen molar-refractivity contribution in [2.45, 2.75) is 70.1 Å². The zero-order valence-corrected chi connectivity index (χ0v) is 16.2. The van der Waals surface area contributed by atoms with E-state index in [1.54, 1.807) is 0 Å². The lowest BCUT2D eigenvalue weighted by Gasteiger charge is -2.33. The third-order valence-corrected chi connectivity index (χ3v) is 6.24. The maximum absolute atomic E-state index is 12.8. The standard InChI is InChI=1S/C20H30N4O3/c1-2-24-14-16(13-21-24)15-7-11-23(12-8-15)20(26)18-6-5-17(27-18)19(25)22-9-3-4-10-22/h13-15,17-18H,2-12H2,1H3/t17-,18+/m1/s1. The number of hydrogen-bond acceptors (Lipinski definition) is 4. The molecule has 0 bridgehead atoms. The number of rotatable bonds is 4. The Balaban J connectivity index is 1.27. The van der Waals surface area contributed by atoms with Crippen LogP contribution in [0.25, 0.3) is 0 Å². The van der Waals surface area contributed by atoms with Crippen molar-refractivity contribution >= 4 is 11.8 Å². The molecule has 1 aromatic heterocycles. The summed E-state index contributed by atoms with van der Waals surface area (Å²) in [6.45, 7) is 6.14. The maximum Gasteiger partial charge on any atom is 0.251 e. The highest BCUT2D eigenvalue weighted by atomic mass is 16.5. The van der Waals surface area contributed by atoms with E-state index >= 15 is 0 Å². The molecule has 3 aliphatic rings. The van der Waals surface area contributed by atoms with E-state index in [1.165, 1.54) is 5.56 Å². The van der Waals surface area contributed by atoms with E-state index in [-0.39, 0.29) is 11.8 Å². The molecule has 0 saturated carbocycles. The van der Waals surface area contributed by atoms with Crippen LogP contribution in [0.1, 0.15) is 56.9 Å². The second-order valence-electron chi connectivity index (χ2n) is 7.95. The van der Waals surface area contributed by atoms with Crippen LogP contribution in [-0.2, 0) is 20.9 Å². The van der Waals surface area contributed by atoms with Crippen LogP contribution in [0.5, 0.6) is 0 Å². The number of carbonyl (C=O) groups is 2. The van der Waals surface area contributed by atoms with Gasteiger partial charge in [-0.05, 0) is 56.9 Å². The molecule has 4 heterocycles. The SMILES string of the molecule is CCn1cc(C2CCN(C(=O)[C@@H]3CC[C@H](C(=O)N4CCCC4)O3)CC2)cn1. The molecule has 0 unspecified atom stereocenters. The molecule has 7 nitrogen and oxygen atoms in total. The Morgan fingerprint density at radius 2 is 1.59 bits per heavy atom. The molecule has 3 saturated heterocycles. The molecule has 148 valence electrons. The highest BCUT2D eigenvalue weighted by Crippen LogP contribution is 2.30. The van der Waals surface area contributed by atoms with Crippen LogP contribution in [0.15, 0.2) is 12.4 Å². The van der Waals surface area contributed by atoms with Crippen LogP contribution in [0.4, 0.5) is 0 Å². The van der Waals surface area contributed by atoms with E-state index in [4.69, 9.17) is 4.74 Å². The van der Waals surface area contributed by atoms with Crippen molar-refractivity contribution in [2.24, 2.45) is 0 Å². The topological polar surface area (TPSA) is 67.7 Å². The van der Waals surface area contributed by atoms with Crippen molar-refractivity contribution in [1.82, 2.24) is 19.6 Å². The van der Waals surface area contributed by atoms with Gasteiger partial charge in [0.1, 0.15) is 12.2 Å². The first-order valence-corrected chi connectivity index (χ1v) is 10.4. The summed E-state index contributed by atoms with van der Waals surface area (Å²) >= 11 is 0. The summed E-state index contributed by atoms with van der Waals surface area (Å²) < 4.78 is 7.84. The zero-order chi connectivity index (χ0) is 18.8. The molecule has 7 heteroatoms. The highest BCUT2D eigenvalue weighted by molar-refractivity contribution is 5.85. The summed E-state index contributed by atoms with van der Waals surface area (Å²) in [5, 5.41) is 4.36. The van der Waals surface area contributed by atoms with Gasteiger partial charge in [0.05, 0.1) is 6.20 Å². The van der Waals surface area contributed by atoms with E-state index in [1.807, 2.05) is 20.7 Å². The summed E-state index contributed by atoms with van der Waals surface area (Å²) in [5.74, 6) is 0.618. The summed E-state index contributed by atoms with van der Waals surface area (Å²) in [6.07, 6.45) is 8.62. The molecule has 2 atom stereocenters. The fraction of sp³-hybridized carbons (Fsp3) is 0.750. The number of likely N-dealkylation sites (tertiary alicyclic amines) is 2. The van der Waals surface area contributed by atoms with Crippen LogP contribution in [0, 0.1) is 0 Å². The lowest BCUT2D eigenvalue weighted by molar-refractivity contribution is -0.150. The average molecular weight is 374 g/mol. The first kappa shape index (κ1) is 18.5. The van der Waals surface area contributed by atoms with Crippen molar-refractivity contribution in [2.75, 3.05) is 26.2 Å². The molecule has 0 aromatic carbocycles. The Hall–Kier alpha value is -1.89. The van der Waals surface area contributed by atoms with E-state index in [2.05, 4.69) is 18.2 Å². The molecule has 0 N–H and O–H groups in total. The molecule has 4 rings (SSSR count). The van der Waals surface area contributed by atoms with Crippen LogP contribution in [0.2, 0.25) is 0 Å². The Labute approximate surface area is 160 Å². The Morgan fingerprint density at radius 1 is 1.00 bits per heavy atom. The first-order valence-electron chi connectivity index (χ1n) is 10.4. The van der Waals surface area contributed by atoms with Gasteiger partial charge < -0.3 is 14.5 Å². The first-order chi connectivity index (χ1) is 13.2. The second kappa shape index (κ2) is 8.00. The van der Waals surface area contributed by atoms with E-state index in [0.717, 1.165) is 58.4 Å². The van der Waals surface area contributed by atoms with Gasteiger partial charge in [-0.3, -0.25) is 14.3 Å². The average Bonchev–Trinajstić information content (AvgIpc) is 3.48. The number of aryl methyl sites for hydroxylation is 1. The van der Waals surface area contributed by atoms with E-state index in [9.17, 15) is 9.59 Å². The quantitative estimate of drug-likeness (QED) is 0.806. The smallest absolute Gasteiger partial charge is 0.251 e. The van der Waals surface area contributed by atoms with Crippen molar-refractivity contribution in [1.29, 1.82) is 0 Å². The van der Waals surface area contributed by atoms with E-state index < -0.39 is 12.2 Å². The zero-order valence-electron chi connectivity index (χ0n) is 16.2. The van der Waals surface area contributed by atoms with Crippen LogP contribution in [-0.4, -0.2) is 69.8 Å². The maximum atomic E-state index is 12.8. The summed E-state index contributed by atoms with van der Waals surface area (Å²) in [5.41, 5.74) is 1.28. The molecule has 0 aliphatic carbocycles. The molecule has 3 aliphatic heterocycles. The molecular weight excluding hydrogens is 344 g/mol. The third kappa shape index (κ3) is 3.88. The minimum Gasteiger partial charge on any atom is -0.355 e. The minimum absolute atomic E-state index is 0.0643. The lowest BCUT2D eigenvalue weighted by Crippen LogP contribution is -2.44. The number of amides is 2. The van der Waals surface area contributed by atoms with Crippen molar-refractivity contribution in [3.8, 4) is 0 Å². The molecule has 1 aromatic rings. The molecular formula is C20H30N4O3. The minimum atomic E-state index is -0.444. The summed E-state index contributed by atoms with van der Waals surface area (Å²) in [4.78, 5) is 29.1. The normalized spacial score (nSPS) is 26.7. The number of aromatic nitrogens is 2. The van der Waals surface area contributed by atoms with Gasteiger partial charge in [0.25, 0.3) is 11.8 Å². The van der Waals surface area contributed by atoms with Crippen molar-refractivity contribution < 1.29 is 14.3 Å². The number of piperidine rings is 1. The van der Waals surface area contributed by atoms with Gasteiger partial charge in [0.2, 0.25) is 0 Å². The van der Waals surface area contributed by atoms with Crippen LogP contribution >= 0.6 is 0 Å². The Bertz CT molecular complexity index is 675. The molecule has 2 amide bonds.